The van der Waals surface area contributed by atoms with E-state index in [4.69, 9.17) is 0 Å². The van der Waals surface area contributed by atoms with Crippen molar-refractivity contribution in [1.29, 1.82) is 0 Å². The van der Waals surface area contributed by atoms with Crippen LogP contribution in [0.2, 0.25) is 0 Å². The van der Waals surface area contributed by atoms with Crippen molar-refractivity contribution in [3.05, 3.63) is 30.5 Å². The fourth-order valence-electron chi connectivity index (χ4n) is 3.00. The van der Waals surface area contributed by atoms with Gasteiger partial charge in [-0.1, -0.05) is 0 Å². The van der Waals surface area contributed by atoms with Crippen molar-refractivity contribution >= 4 is 27.4 Å². The molecule has 0 aromatic carbocycles. The summed E-state index contributed by atoms with van der Waals surface area (Å²) in [7, 11) is -3.01. The Morgan fingerprint density at radius 3 is 2.96 bits per heavy atom. The standard InChI is InChI=1S/C15H18N6O2S2/c1-24-7-3-13-18-14(12-9-20-6-2-5-16-15(20)17-12)21(19-13)11-4-8-25(22,23)10-11/h2,5-6,9,11H,3-4,7-8,10H2,1H3. The van der Waals surface area contributed by atoms with Crippen LogP contribution in [0.4, 0.5) is 0 Å². The van der Waals surface area contributed by atoms with Crippen LogP contribution < -0.4 is 0 Å². The Morgan fingerprint density at radius 1 is 1.36 bits per heavy atom. The van der Waals surface area contributed by atoms with Gasteiger partial charge in [0.1, 0.15) is 5.69 Å². The predicted octanol–water partition coefficient (Wildman–Crippen LogP) is 1.25. The molecule has 1 atom stereocenters. The van der Waals surface area contributed by atoms with E-state index in [1.54, 1.807) is 22.6 Å². The third-order valence-electron chi connectivity index (χ3n) is 4.22. The highest BCUT2D eigenvalue weighted by Crippen LogP contribution is 2.28. The molecule has 3 aromatic rings. The summed E-state index contributed by atoms with van der Waals surface area (Å²) in [5, 5.41) is 4.60. The van der Waals surface area contributed by atoms with E-state index in [2.05, 4.69) is 20.1 Å². The van der Waals surface area contributed by atoms with Gasteiger partial charge in [0, 0.05) is 30.8 Å². The van der Waals surface area contributed by atoms with Crippen LogP contribution in [0.1, 0.15) is 18.3 Å². The summed E-state index contributed by atoms with van der Waals surface area (Å²) in [5.41, 5.74) is 0.658. The molecule has 25 heavy (non-hydrogen) atoms. The Balaban J connectivity index is 1.77. The lowest BCUT2D eigenvalue weighted by molar-refractivity contribution is 0.500. The summed E-state index contributed by atoms with van der Waals surface area (Å²) in [4.78, 5) is 13.4. The second-order valence-electron chi connectivity index (χ2n) is 6.05. The minimum Gasteiger partial charge on any atom is -0.290 e. The molecule has 0 N–H and O–H groups in total. The maximum absolute atomic E-state index is 11.9. The number of aromatic nitrogens is 6. The molecule has 1 saturated heterocycles. The van der Waals surface area contributed by atoms with E-state index in [-0.39, 0.29) is 17.5 Å². The molecule has 0 bridgehead atoms. The second-order valence-corrected chi connectivity index (χ2v) is 9.26. The van der Waals surface area contributed by atoms with Gasteiger partial charge in [-0.2, -0.15) is 16.9 Å². The van der Waals surface area contributed by atoms with Gasteiger partial charge >= 0.3 is 0 Å². The van der Waals surface area contributed by atoms with Crippen molar-refractivity contribution in [2.45, 2.75) is 18.9 Å². The highest BCUT2D eigenvalue weighted by atomic mass is 32.2. The van der Waals surface area contributed by atoms with Gasteiger partial charge in [-0.05, 0) is 18.7 Å². The lowest BCUT2D eigenvalue weighted by atomic mass is 10.2. The van der Waals surface area contributed by atoms with Crippen molar-refractivity contribution in [3.63, 3.8) is 0 Å². The molecule has 4 heterocycles. The molecule has 0 amide bonds. The maximum Gasteiger partial charge on any atom is 0.234 e. The molecule has 132 valence electrons. The zero-order valence-corrected chi connectivity index (χ0v) is 15.4. The van der Waals surface area contributed by atoms with Crippen molar-refractivity contribution in [1.82, 2.24) is 29.1 Å². The Labute approximate surface area is 149 Å². The SMILES string of the molecule is CSCCc1nc(-c2cn3cccnc3n2)n(C2CCS(=O)(=O)C2)n1. The van der Waals surface area contributed by atoms with Crippen LogP contribution in [0.25, 0.3) is 17.3 Å². The first-order chi connectivity index (χ1) is 12.1. The minimum atomic E-state index is -3.01. The third kappa shape index (κ3) is 3.28. The zero-order valence-electron chi connectivity index (χ0n) is 13.7. The molecular weight excluding hydrogens is 360 g/mol. The number of hydrogen-bond acceptors (Lipinski definition) is 7. The van der Waals surface area contributed by atoms with Gasteiger partial charge < -0.3 is 0 Å². The van der Waals surface area contributed by atoms with Gasteiger partial charge in [-0.25, -0.2) is 28.1 Å². The quantitative estimate of drug-likeness (QED) is 0.659. The normalized spacial score (nSPS) is 19.6. The van der Waals surface area contributed by atoms with Crippen LogP contribution in [0.3, 0.4) is 0 Å². The first-order valence-electron chi connectivity index (χ1n) is 8.00. The number of nitrogens with zero attached hydrogens (tertiary/aromatic N) is 6. The summed E-state index contributed by atoms with van der Waals surface area (Å²) >= 11 is 1.73. The smallest absolute Gasteiger partial charge is 0.234 e. The summed E-state index contributed by atoms with van der Waals surface area (Å²) in [6, 6.07) is 1.64. The second kappa shape index (κ2) is 6.41. The minimum absolute atomic E-state index is 0.108. The molecule has 0 aliphatic carbocycles. The molecule has 4 rings (SSSR count). The highest BCUT2D eigenvalue weighted by molar-refractivity contribution is 7.98. The van der Waals surface area contributed by atoms with Gasteiger partial charge in [0.25, 0.3) is 0 Å². The van der Waals surface area contributed by atoms with Crippen LogP contribution in [0.15, 0.2) is 24.7 Å². The summed E-state index contributed by atoms with van der Waals surface area (Å²) < 4.78 is 27.3. The van der Waals surface area contributed by atoms with E-state index in [1.165, 1.54) is 0 Å². The largest absolute Gasteiger partial charge is 0.290 e. The van der Waals surface area contributed by atoms with Crippen molar-refractivity contribution in [2.75, 3.05) is 23.5 Å². The topological polar surface area (TPSA) is 95.0 Å². The van der Waals surface area contributed by atoms with E-state index in [9.17, 15) is 8.42 Å². The van der Waals surface area contributed by atoms with Crippen molar-refractivity contribution < 1.29 is 8.42 Å². The summed E-state index contributed by atoms with van der Waals surface area (Å²) in [6.45, 7) is 0. The van der Waals surface area contributed by atoms with E-state index < -0.39 is 9.84 Å². The fourth-order valence-corrected chi connectivity index (χ4v) is 5.08. The van der Waals surface area contributed by atoms with E-state index >= 15 is 0 Å². The first-order valence-corrected chi connectivity index (χ1v) is 11.2. The maximum atomic E-state index is 11.9. The molecule has 1 aliphatic heterocycles. The van der Waals surface area contributed by atoms with Gasteiger partial charge in [0.2, 0.25) is 5.78 Å². The van der Waals surface area contributed by atoms with Crippen LogP contribution in [-0.2, 0) is 16.3 Å². The number of hydrogen-bond donors (Lipinski definition) is 0. The first kappa shape index (κ1) is 16.5. The number of aryl methyl sites for hydroxylation is 1. The number of thioether (sulfide) groups is 1. The predicted molar refractivity (Wildman–Crippen MR) is 96.4 cm³/mol. The number of imidazole rings is 1. The van der Waals surface area contributed by atoms with Gasteiger partial charge in [-0.3, -0.25) is 4.40 Å². The zero-order chi connectivity index (χ0) is 17.4. The number of fused-ring (bicyclic) bond motifs is 1. The number of rotatable bonds is 5. The Morgan fingerprint density at radius 2 is 2.24 bits per heavy atom. The van der Waals surface area contributed by atoms with E-state index in [0.29, 0.717) is 23.7 Å². The lowest BCUT2D eigenvalue weighted by Crippen LogP contribution is -2.14. The fraction of sp³-hybridized carbons (Fsp3) is 0.467. The van der Waals surface area contributed by atoms with Crippen LogP contribution in [0, 0.1) is 0 Å². The summed E-state index contributed by atoms with van der Waals surface area (Å²) in [5.74, 6) is 3.14. The molecule has 10 heteroatoms. The monoisotopic (exact) mass is 378 g/mol. The molecule has 0 radical (unpaired) electrons. The Hall–Kier alpha value is -1.94. The number of sulfone groups is 1. The Bertz CT molecular complexity index is 977. The lowest BCUT2D eigenvalue weighted by Gasteiger charge is -2.10. The van der Waals surface area contributed by atoms with Crippen molar-refractivity contribution in [3.8, 4) is 11.5 Å². The molecule has 1 unspecified atom stereocenters. The average molecular weight is 378 g/mol. The highest BCUT2D eigenvalue weighted by Gasteiger charge is 2.32. The van der Waals surface area contributed by atoms with Crippen LogP contribution >= 0.6 is 11.8 Å². The summed E-state index contributed by atoms with van der Waals surface area (Å²) in [6.07, 6.45) is 8.75. The molecule has 0 spiro atoms. The Kier molecular flexibility index (Phi) is 4.24. The third-order valence-corrected chi connectivity index (χ3v) is 6.59. The van der Waals surface area contributed by atoms with Gasteiger partial charge in [0.15, 0.2) is 21.5 Å². The molecule has 1 aliphatic rings. The van der Waals surface area contributed by atoms with E-state index in [0.717, 1.165) is 18.0 Å². The van der Waals surface area contributed by atoms with Gasteiger partial charge in [0.05, 0.1) is 17.5 Å². The molecule has 3 aromatic heterocycles. The molecular formula is C15H18N6O2S2. The van der Waals surface area contributed by atoms with E-state index in [1.807, 2.05) is 29.1 Å². The van der Waals surface area contributed by atoms with Crippen LogP contribution in [0.5, 0.6) is 0 Å². The average Bonchev–Trinajstić information content (AvgIpc) is 3.28. The molecule has 8 nitrogen and oxygen atoms in total. The van der Waals surface area contributed by atoms with Crippen molar-refractivity contribution in [2.24, 2.45) is 0 Å². The van der Waals surface area contributed by atoms with Crippen LogP contribution in [-0.4, -0.2) is 61.1 Å². The molecule has 1 fully saturated rings. The van der Waals surface area contributed by atoms with Gasteiger partial charge in [-0.15, -0.1) is 0 Å². The molecule has 0 saturated carbocycles.